The Morgan fingerprint density at radius 3 is 2.79 bits per heavy atom. The Labute approximate surface area is 143 Å². The molecule has 7 nitrogen and oxygen atoms in total. The number of hydrogen-bond acceptors (Lipinski definition) is 4. The van der Waals surface area contributed by atoms with E-state index in [2.05, 4.69) is 20.8 Å². The highest BCUT2D eigenvalue weighted by Crippen LogP contribution is 2.23. The van der Waals surface area contributed by atoms with Crippen LogP contribution < -0.4 is 15.4 Å². The van der Waals surface area contributed by atoms with Gasteiger partial charge in [0.15, 0.2) is 5.65 Å². The molecule has 2 amide bonds. The number of fused-ring (bicyclic) bond motifs is 1. The number of benzene rings is 1. The van der Waals surface area contributed by atoms with Crippen molar-refractivity contribution in [2.75, 3.05) is 17.2 Å². The van der Waals surface area contributed by atoms with Gasteiger partial charge in [-0.2, -0.15) is 0 Å². The van der Waals surface area contributed by atoms with E-state index in [9.17, 15) is 4.79 Å². The zero-order valence-corrected chi connectivity index (χ0v) is 14.0. The smallest absolute Gasteiger partial charge is 0.326 e. The van der Waals surface area contributed by atoms with Crippen molar-refractivity contribution in [2.24, 2.45) is 0 Å². The summed E-state index contributed by atoms with van der Waals surface area (Å²) in [5.41, 5.74) is 1.99. The summed E-state index contributed by atoms with van der Waals surface area (Å²) in [7, 11) is 0. The maximum Gasteiger partial charge on any atom is 0.326 e. The Morgan fingerprint density at radius 1 is 1.21 bits per heavy atom. The van der Waals surface area contributed by atoms with Crippen molar-refractivity contribution in [1.82, 2.24) is 14.6 Å². The second kappa shape index (κ2) is 6.76. The summed E-state index contributed by atoms with van der Waals surface area (Å²) in [6, 6.07) is 10.2. The molecule has 3 aromatic rings. The largest absolute Gasteiger partial charge is 0.479 e. The van der Waals surface area contributed by atoms with Crippen LogP contribution in [0.1, 0.15) is 12.5 Å². The van der Waals surface area contributed by atoms with Crippen LogP contribution in [0.3, 0.4) is 0 Å². The lowest BCUT2D eigenvalue weighted by molar-refractivity contribution is 0.262. The average Bonchev–Trinajstić information content (AvgIpc) is 2.96. The molecule has 0 fully saturated rings. The van der Waals surface area contributed by atoms with Crippen molar-refractivity contribution in [3.63, 3.8) is 0 Å². The molecule has 3 rings (SSSR count). The van der Waals surface area contributed by atoms with Crippen molar-refractivity contribution in [2.45, 2.75) is 13.8 Å². The molecule has 0 saturated carbocycles. The normalized spacial score (nSPS) is 10.6. The predicted octanol–water partition coefficient (Wildman–Crippen LogP) is 3.73. The lowest BCUT2D eigenvalue weighted by Crippen LogP contribution is -2.21. The fraction of sp³-hybridized carbons (Fsp3) is 0.188. The fourth-order valence-electron chi connectivity index (χ4n) is 2.25. The topological polar surface area (TPSA) is 80.6 Å². The molecule has 0 atom stereocenters. The lowest BCUT2D eigenvalue weighted by atomic mass is 10.2. The van der Waals surface area contributed by atoms with Gasteiger partial charge in [-0.15, -0.1) is 10.2 Å². The van der Waals surface area contributed by atoms with E-state index >= 15 is 0 Å². The van der Waals surface area contributed by atoms with E-state index in [4.69, 9.17) is 16.3 Å². The van der Waals surface area contributed by atoms with Gasteiger partial charge >= 0.3 is 6.03 Å². The summed E-state index contributed by atoms with van der Waals surface area (Å²) < 4.78 is 7.18. The van der Waals surface area contributed by atoms with E-state index in [-0.39, 0.29) is 5.95 Å². The summed E-state index contributed by atoms with van der Waals surface area (Å²) in [5, 5.41) is 14.0. The first-order chi connectivity index (χ1) is 11.6. The molecule has 1 aromatic carbocycles. The zero-order valence-electron chi connectivity index (χ0n) is 13.2. The van der Waals surface area contributed by atoms with Gasteiger partial charge in [-0.3, -0.25) is 5.32 Å². The molecule has 0 aliphatic carbocycles. The van der Waals surface area contributed by atoms with Gasteiger partial charge in [0.05, 0.1) is 6.61 Å². The van der Waals surface area contributed by atoms with E-state index in [1.54, 1.807) is 34.7 Å². The number of ether oxygens (including phenoxy) is 1. The molecule has 2 aromatic heterocycles. The fourth-order valence-corrected chi connectivity index (χ4v) is 2.43. The molecule has 0 spiro atoms. The molecular formula is C16H16ClN5O2. The molecule has 2 N–H and O–H groups in total. The predicted molar refractivity (Wildman–Crippen MR) is 93.0 cm³/mol. The van der Waals surface area contributed by atoms with Gasteiger partial charge in [-0.1, -0.05) is 23.7 Å². The van der Waals surface area contributed by atoms with Crippen LogP contribution in [0.2, 0.25) is 5.02 Å². The lowest BCUT2D eigenvalue weighted by Gasteiger charge is -2.11. The summed E-state index contributed by atoms with van der Waals surface area (Å²) in [6.45, 7) is 4.20. The maximum atomic E-state index is 12.3. The minimum Gasteiger partial charge on any atom is -0.479 e. The number of nitrogens with one attached hydrogen (secondary N) is 2. The first-order valence-electron chi connectivity index (χ1n) is 7.40. The third kappa shape index (κ3) is 3.11. The second-order valence-electron chi connectivity index (χ2n) is 5.01. The van der Waals surface area contributed by atoms with Crippen molar-refractivity contribution in [3.8, 4) is 5.88 Å². The minimum absolute atomic E-state index is 0.270. The Kier molecular flexibility index (Phi) is 4.52. The highest BCUT2D eigenvalue weighted by atomic mass is 35.5. The number of hydrogen-bond donors (Lipinski definition) is 2. The van der Waals surface area contributed by atoms with Gasteiger partial charge in [-0.05, 0) is 43.7 Å². The number of carbonyl (C=O) groups is 1. The Bertz CT molecular complexity index is 893. The molecule has 0 aliphatic heterocycles. The van der Waals surface area contributed by atoms with Crippen molar-refractivity contribution < 1.29 is 9.53 Å². The number of anilines is 2. The number of nitrogens with zero attached hydrogens (tertiary/aromatic N) is 3. The number of carbonyl (C=O) groups excluding carboxylic acids is 1. The van der Waals surface area contributed by atoms with Crippen molar-refractivity contribution in [1.29, 1.82) is 0 Å². The van der Waals surface area contributed by atoms with E-state index in [0.29, 0.717) is 28.8 Å². The third-order valence-corrected chi connectivity index (χ3v) is 3.84. The van der Waals surface area contributed by atoms with Crippen LogP contribution in [0.5, 0.6) is 5.88 Å². The molecule has 8 heteroatoms. The van der Waals surface area contributed by atoms with E-state index in [1.165, 1.54) is 0 Å². The number of aromatic nitrogens is 3. The number of pyridine rings is 1. The van der Waals surface area contributed by atoms with E-state index in [0.717, 1.165) is 5.56 Å². The van der Waals surface area contributed by atoms with Crippen LogP contribution in [0, 0.1) is 6.92 Å². The van der Waals surface area contributed by atoms with Crippen LogP contribution in [-0.2, 0) is 0 Å². The highest BCUT2D eigenvalue weighted by Gasteiger charge is 2.13. The van der Waals surface area contributed by atoms with E-state index < -0.39 is 6.03 Å². The zero-order chi connectivity index (χ0) is 17.1. The molecule has 0 unspecified atom stereocenters. The Morgan fingerprint density at radius 2 is 2.00 bits per heavy atom. The second-order valence-corrected chi connectivity index (χ2v) is 5.41. The minimum atomic E-state index is -0.444. The van der Waals surface area contributed by atoms with Crippen molar-refractivity contribution in [3.05, 3.63) is 47.0 Å². The molecule has 0 saturated heterocycles. The monoisotopic (exact) mass is 345 g/mol. The van der Waals surface area contributed by atoms with Gasteiger partial charge in [0, 0.05) is 10.7 Å². The van der Waals surface area contributed by atoms with Gasteiger partial charge in [0.25, 0.3) is 0 Å². The van der Waals surface area contributed by atoms with Crippen LogP contribution >= 0.6 is 11.6 Å². The molecule has 124 valence electrons. The molecule has 2 heterocycles. The van der Waals surface area contributed by atoms with Crippen LogP contribution in [0.15, 0.2) is 36.4 Å². The van der Waals surface area contributed by atoms with Crippen LogP contribution in [-0.4, -0.2) is 27.2 Å². The first-order valence-corrected chi connectivity index (χ1v) is 7.78. The quantitative estimate of drug-likeness (QED) is 0.755. The molecule has 24 heavy (non-hydrogen) atoms. The highest BCUT2D eigenvalue weighted by molar-refractivity contribution is 6.31. The van der Waals surface area contributed by atoms with Gasteiger partial charge in [0.2, 0.25) is 11.8 Å². The van der Waals surface area contributed by atoms with Gasteiger partial charge < -0.3 is 10.1 Å². The number of halogens is 1. The number of rotatable bonds is 4. The standard InChI is InChI=1S/C16H16ClN5O2/c1-3-24-14-9-5-8-13-20-21-15(22(13)14)19-16(23)18-12-7-4-6-11(17)10(12)2/h4-9H,3H2,1-2H3,(H2,18,19,21,23). The van der Waals surface area contributed by atoms with Crippen molar-refractivity contribution >= 4 is 34.9 Å². The third-order valence-electron chi connectivity index (χ3n) is 3.43. The van der Waals surface area contributed by atoms with Gasteiger partial charge in [-0.25, -0.2) is 9.20 Å². The summed E-state index contributed by atoms with van der Waals surface area (Å²) in [4.78, 5) is 12.3. The average molecular weight is 346 g/mol. The molecule has 0 aliphatic rings. The number of amides is 2. The molecule has 0 bridgehead atoms. The van der Waals surface area contributed by atoms with Gasteiger partial charge in [0.1, 0.15) is 0 Å². The SMILES string of the molecule is CCOc1cccc2nnc(NC(=O)Nc3cccc(Cl)c3C)n12. The summed E-state index contributed by atoms with van der Waals surface area (Å²) in [6.07, 6.45) is 0. The molecular weight excluding hydrogens is 330 g/mol. The van der Waals surface area contributed by atoms with Crippen LogP contribution in [0.25, 0.3) is 5.65 Å². The Hall–Kier alpha value is -2.80. The summed E-state index contributed by atoms with van der Waals surface area (Å²) >= 11 is 6.06. The maximum absolute atomic E-state index is 12.3. The molecule has 0 radical (unpaired) electrons. The summed E-state index contributed by atoms with van der Waals surface area (Å²) in [5.74, 6) is 0.820. The Balaban J connectivity index is 1.84. The number of urea groups is 1. The van der Waals surface area contributed by atoms with Crippen LogP contribution in [0.4, 0.5) is 16.4 Å². The van der Waals surface area contributed by atoms with E-state index in [1.807, 2.05) is 19.9 Å². The first kappa shape index (κ1) is 16.1.